The molecule has 0 unspecified atom stereocenters. The van der Waals surface area contributed by atoms with E-state index in [1.807, 2.05) is 13.0 Å². The minimum atomic E-state index is -0.560. The number of urea groups is 1. The molecule has 1 aliphatic rings. The number of aryl methyl sites for hydroxylation is 3. The molecule has 0 spiro atoms. The lowest BCUT2D eigenvalue weighted by molar-refractivity contribution is -0.121. The summed E-state index contributed by atoms with van der Waals surface area (Å²) < 4.78 is 3.10. The Kier molecular flexibility index (Phi) is 3.82. The average molecular weight is 331 g/mol. The number of aromatic nitrogens is 2. The van der Waals surface area contributed by atoms with E-state index in [2.05, 4.69) is 5.32 Å². The molecular weight excluding hydrogens is 310 g/mol. The summed E-state index contributed by atoms with van der Waals surface area (Å²) in [6.07, 6.45) is 1.35. The van der Waals surface area contributed by atoms with Gasteiger partial charge in [-0.3, -0.25) is 13.9 Å². The Labute approximate surface area is 138 Å². The van der Waals surface area contributed by atoms with Gasteiger partial charge in [0.15, 0.2) is 0 Å². The Balaban J connectivity index is 1.94. The number of carbonyl (C=O) groups is 2. The van der Waals surface area contributed by atoms with Crippen molar-refractivity contribution in [3.05, 3.63) is 28.2 Å². The molecule has 1 aromatic carbocycles. The molecule has 1 aromatic heterocycles. The van der Waals surface area contributed by atoms with Crippen molar-refractivity contribution in [3.63, 3.8) is 0 Å². The molecule has 1 aliphatic heterocycles. The largest absolute Gasteiger partial charge is 0.368 e. The predicted octanol–water partition coefficient (Wildman–Crippen LogP) is 0.667. The van der Waals surface area contributed by atoms with Crippen LogP contribution in [0.1, 0.15) is 18.4 Å². The molecule has 8 heteroatoms. The molecule has 24 heavy (non-hydrogen) atoms. The number of fused-ring (bicyclic) bond motifs is 1. The van der Waals surface area contributed by atoms with E-state index >= 15 is 0 Å². The number of nitrogens with zero attached hydrogens (tertiary/aromatic N) is 3. The third-order valence-corrected chi connectivity index (χ3v) is 4.70. The summed E-state index contributed by atoms with van der Waals surface area (Å²) in [6, 6.07) is 2.73. The highest BCUT2D eigenvalue weighted by atomic mass is 16.2. The van der Waals surface area contributed by atoms with Crippen LogP contribution in [0.15, 0.2) is 16.9 Å². The van der Waals surface area contributed by atoms with E-state index in [1.165, 1.54) is 9.47 Å². The molecule has 3 N–H and O–H groups in total. The number of rotatable bonds is 2. The van der Waals surface area contributed by atoms with Gasteiger partial charge in [0.2, 0.25) is 5.91 Å². The molecule has 8 nitrogen and oxygen atoms in total. The topological polar surface area (TPSA) is 102 Å². The Morgan fingerprint density at radius 3 is 2.46 bits per heavy atom. The second kappa shape index (κ2) is 5.70. The van der Waals surface area contributed by atoms with Crippen molar-refractivity contribution in [1.82, 2.24) is 14.0 Å². The van der Waals surface area contributed by atoms with Gasteiger partial charge in [0.05, 0.1) is 11.0 Å². The molecule has 2 heterocycles. The number of hydrogen-bond acceptors (Lipinski definition) is 3. The van der Waals surface area contributed by atoms with Gasteiger partial charge in [0.25, 0.3) is 0 Å². The number of nitrogens with two attached hydrogens (primary N) is 1. The van der Waals surface area contributed by atoms with Gasteiger partial charge in [-0.15, -0.1) is 0 Å². The first-order valence-corrected chi connectivity index (χ1v) is 7.84. The van der Waals surface area contributed by atoms with E-state index in [0.717, 1.165) is 23.0 Å². The normalized spacial score (nSPS) is 17.5. The number of primary amides is 1. The van der Waals surface area contributed by atoms with Crippen LogP contribution in [-0.2, 0) is 18.9 Å². The highest BCUT2D eigenvalue weighted by molar-refractivity contribution is 5.96. The number of hydrogen-bond donors (Lipinski definition) is 2. The Bertz CT molecular complexity index is 895. The van der Waals surface area contributed by atoms with Crippen molar-refractivity contribution >= 4 is 28.7 Å². The summed E-state index contributed by atoms with van der Waals surface area (Å²) in [5.74, 6) is -0.486. The standard InChI is InChI=1S/C16H21N5O3/c1-9-7-12-13(20(3)16(24)19(12)2)8-10(9)18-15(23)21-6-4-5-11(21)14(17)22/h7-8,11H,4-6H2,1-3H3,(H2,17,22)(H,18,23)/t11-/m1/s1. The molecule has 3 rings (SSSR count). The first kappa shape index (κ1) is 16.1. The maximum Gasteiger partial charge on any atom is 0.328 e. The van der Waals surface area contributed by atoms with Crippen LogP contribution < -0.4 is 16.7 Å². The van der Waals surface area contributed by atoms with Gasteiger partial charge < -0.3 is 16.0 Å². The number of amides is 3. The third-order valence-electron chi connectivity index (χ3n) is 4.70. The van der Waals surface area contributed by atoms with E-state index in [9.17, 15) is 14.4 Å². The summed E-state index contributed by atoms with van der Waals surface area (Å²) in [4.78, 5) is 37.5. The fourth-order valence-electron chi connectivity index (χ4n) is 3.28. The lowest BCUT2D eigenvalue weighted by atomic mass is 10.1. The number of carbonyl (C=O) groups excluding carboxylic acids is 2. The molecule has 3 amide bonds. The van der Waals surface area contributed by atoms with Crippen molar-refractivity contribution in [2.24, 2.45) is 19.8 Å². The summed E-state index contributed by atoms with van der Waals surface area (Å²) in [6.45, 7) is 2.37. The molecule has 1 saturated heterocycles. The molecule has 128 valence electrons. The fourth-order valence-corrected chi connectivity index (χ4v) is 3.28. The summed E-state index contributed by atoms with van der Waals surface area (Å²) in [5, 5.41) is 2.84. The van der Waals surface area contributed by atoms with E-state index in [0.29, 0.717) is 18.7 Å². The zero-order valence-electron chi connectivity index (χ0n) is 14.0. The van der Waals surface area contributed by atoms with Gasteiger partial charge >= 0.3 is 11.7 Å². The van der Waals surface area contributed by atoms with Crippen molar-refractivity contribution in [3.8, 4) is 0 Å². The fraction of sp³-hybridized carbons (Fsp3) is 0.438. The number of imidazole rings is 1. The monoisotopic (exact) mass is 331 g/mol. The predicted molar refractivity (Wildman–Crippen MR) is 90.8 cm³/mol. The summed E-state index contributed by atoms with van der Waals surface area (Å²) in [5.41, 5.74) is 8.22. The van der Waals surface area contributed by atoms with E-state index in [4.69, 9.17) is 5.73 Å². The van der Waals surface area contributed by atoms with Gasteiger partial charge in [0, 0.05) is 26.3 Å². The van der Waals surface area contributed by atoms with Crippen molar-refractivity contribution < 1.29 is 9.59 Å². The maximum atomic E-state index is 12.5. The van der Waals surface area contributed by atoms with E-state index in [-0.39, 0.29) is 11.7 Å². The lowest BCUT2D eigenvalue weighted by Crippen LogP contribution is -2.45. The SMILES string of the molecule is Cc1cc2c(cc1NC(=O)N1CCC[C@@H]1C(N)=O)n(C)c(=O)n2C. The van der Waals surface area contributed by atoms with Crippen LogP contribution in [-0.4, -0.2) is 38.6 Å². The number of nitrogens with one attached hydrogen (secondary N) is 1. The third kappa shape index (κ3) is 2.44. The highest BCUT2D eigenvalue weighted by Crippen LogP contribution is 2.24. The smallest absolute Gasteiger partial charge is 0.328 e. The van der Waals surface area contributed by atoms with Crippen molar-refractivity contribution in [2.45, 2.75) is 25.8 Å². The summed E-state index contributed by atoms with van der Waals surface area (Å²) >= 11 is 0. The van der Waals surface area contributed by atoms with Gasteiger partial charge in [-0.05, 0) is 37.5 Å². The van der Waals surface area contributed by atoms with Crippen LogP contribution in [0, 0.1) is 6.92 Å². The maximum absolute atomic E-state index is 12.5. The first-order chi connectivity index (χ1) is 11.3. The van der Waals surface area contributed by atoms with Gasteiger partial charge in [-0.1, -0.05) is 0 Å². The molecule has 0 radical (unpaired) electrons. The Morgan fingerprint density at radius 1 is 1.21 bits per heavy atom. The zero-order chi connectivity index (χ0) is 17.6. The minimum Gasteiger partial charge on any atom is -0.368 e. The van der Waals surface area contributed by atoms with Crippen molar-refractivity contribution in [2.75, 3.05) is 11.9 Å². The van der Waals surface area contributed by atoms with Crippen LogP contribution in [0.2, 0.25) is 0 Å². The zero-order valence-corrected chi connectivity index (χ0v) is 14.0. The number of likely N-dealkylation sites (tertiary alicyclic amines) is 1. The highest BCUT2D eigenvalue weighted by Gasteiger charge is 2.32. The summed E-state index contributed by atoms with van der Waals surface area (Å²) in [7, 11) is 3.40. The molecule has 1 fully saturated rings. The van der Waals surface area contributed by atoms with Crippen LogP contribution in [0.5, 0.6) is 0 Å². The molecular formula is C16H21N5O3. The molecule has 1 atom stereocenters. The van der Waals surface area contributed by atoms with Gasteiger partial charge in [-0.2, -0.15) is 0 Å². The first-order valence-electron chi connectivity index (χ1n) is 7.84. The van der Waals surface area contributed by atoms with Gasteiger partial charge in [0.1, 0.15) is 6.04 Å². The molecule has 0 bridgehead atoms. The second-order valence-corrected chi connectivity index (χ2v) is 6.24. The number of benzene rings is 1. The quantitative estimate of drug-likeness (QED) is 0.845. The molecule has 2 aromatic rings. The van der Waals surface area contributed by atoms with Crippen molar-refractivity contribution in [1.29, 1.82) is 0 Å². The van der Waals surface area contributed by atoms with Crippen LogP contribution >= 0.6 is 0 Å². The number of anilines is 1. The average Bonchev–Trinajstić information content (AvgIpc) is 3.10. The Morgan fingerprint density at radius 2 is 1.83 bits per heavy atom. The van der Waals surface area contributed by atoms with E-state index in [1.54, 1.807) is 24.7 Å². The van der Waals surface area contributed by atoms with Crippen LogP contribution in [0.25, 0.3) is 11.0 Å². The molecule has 0 saturated carbocycles. The lowest BCUT2D eigenvalue weighted by Gasteiger charge is -2.23. The minimum absolute atomic E-state index is 0.124. The Hall–Kier alpha value is -2.77. The van der Waals surface area contributed by atoms with Crippen LogP contribution in [0.4, 0.5) is 10.5 Å². The van der Waals surface area contributed by atoms with Crippen LogP contribution in [0.3, 0.4) is 0 Å². The van der Waals surface area contributed by atoms with E-state index < -0.39 is 11.9 Å². The molecule has 0 aliphatic carbocycles. The second-order valence-electron chi connectivity index (χ2n) is 6.24. The van der Waals surface area contributed by atoms with Gasteiger partial charge in [-0.25, -0.2) is 9.59 Å².